The topological polar surface area (TPSA) is 144 Å². The van der Waals surface area contributed by atoms with Crippen molar-refractivity contribution in [3.8, 4) is 0 Å². The lowest BCUT2D eigenvalue weighted by molar-refractivity contribution is -0.384. The second-order valence-electron chi connectivity index (χ2n) is 4.86. The fourth-order valence-electron chi connectivity index (χ4n) is 1.90. The number of nitrogens with one attached hydrogen (secondary N) is 2. The SMILES string of the molecule is O=C(CSc1nc2ncccn2n1)NNC(=O)c1cccc([N+](=O)[O-])c1. The van der Waals surface area contributed by atoms with E-state index in [-0.39, 0.29) is 17.0 Å². The van der Waals surface area contributed by atoms with Gasteiger partial charge in [0.25, 0.3) is 17.4 Å². The predicted octanol–water partition coefficient (Wildman–Crippen LogP) is 0.586. The molecule has 26 heavy (non-hydrogen) atoms. The summed E-state index contributed by atoms with van der Waals surface area (Å²) in [4.78, 5) is 42.0. The molecule has 132 valence electrons. The molecule has 0 saturated heterocycles. The molecule has 3 aromatic rings. The fraction of sp³-hybridized carbons (Fsp3) is 0.0714. The number of aromatic nitrogens is 4. The van der Waals surface area contributed by atoms with E-state index in [9.17, 15) is 19.7 Å². The highest BCUT2D eigenvalue weighted by Gasteiger charge is 2.13. The van der Waals surface area contributed by atoms with Crippen molar-refractivity contribution in [1.29, 1.82) is 0 Å². The Morgan fingerprint density at radius 2 is 2.12 bits per heavy atom. The van der Waals surface area contributed by atoms with Crippen LogP contribution < -0.4 is 10.9 Å². The average molecular weight is 373 g/mol. The molecule has 2 heterocycles. The van der Waals surface area contributed by atoms with Crippen molar-refractivity contribution in [1.82, 2.24) is 30.4 Å². The molecule has 2 aromatic heterocycles. The van der Waals surface area contributed by atoms with Gasteiger partial charge in [0.2, 0.25) is 11.1 Å². The van der Waals surface area contributed by atoms with Crippen LogP contribution in [-0.4, -0.2) is 42.1 Å². The molecule has 12 heteroatoms. The molecule has 0 aliphatic heterocycles. The first-order chi connectivity index (χ1) is 12.5. The molecule has 0 saturated carbocycles. The lowest BCUT2D eigenvalue weighted by atomic mass is 10.2. The number of carbonyl (C=O) groups is 2. The minimum Gasteiger partial charge on any atom is -0.272 e. The number of amides is 2. The van der Waals surface area contributed by atoms with Crippen molar-refractivity contribution < 1.29 is 14.5 Å². The predicted molar refractivity (Wildman–Crippen MR) is 90.2 cm³/mol. The van der Waals surface area contributed by atoms with Gasteiger partial charge < -0.3 is 0 Å². The van der Waals surface area contributed by atoms with E-state index < -0.39 is 16.7 Å². The molecule has 0 spiro atoms. The molecule has 2 amide bonds. The maximum absolute atomic E-state index is 11.9. The van der Waals surface area contributed by atoms with Gasteiger partial charge in [-0.15, -0.1) is 5.10 Å². The first-order valence-corrected chi connectivity index (χ1v) is 8.15. The molecular formula is C14H11N7O4S. The summed E-state index contributed by atoms with van der Waals surface area (Å²) < 4.78 is 1.48. The molecule has 0 radical (unpaired) electrons. The van der Waals surface area contributed by atoms with Crippen LogP contribution in [0.25, 0.3) is 5.78 Å². The number of thioether (sulfide) groups is 1. The second kappa shape index (κ2) is 7.57. The number of fused-ring (bicyclic) bond motifs is 1. The number of hydrogen-bond acceptors (Lipinski definition) is 8. The van der Waals surface area contributed by atoms with Gasteiger partial charge in [-0.05, 0) is 12.1 Å². The zero-order chi connectivity index (χ0) is 18.5. The van der Waals surface area contributed by atoms with Crippen LogP contribution in [0.5, 0.6) is 0 Å². The van der Waals surface area contributed by atoms with E-state index in [2.05, 4.69) is 25.9 Å². The van der Waals surface area contributed by atoms with Gasteiger partial charge in [-0.3, -0.25) is 30.6 Å². The Balaban J connectivity index is 1.51. The summed E-state index contributed by atoms with van der Waals surface area (Å²) >= 11 is 1.07. The summed E-state index contributed by atoms with van der Waals surface area (Å²) in [6, 6.07) is 6.86. The largest absolute Gasteiger partial charge is 0.272 e. The Bertz CT molecular complexity index is 957. The minimum atomic E-state index is -0.665. The van der Waals surface area contributed by atoms with E-state index >= 15 is 0 Å². The Morgan fingerprint density at radius 3 is 2.88 bits per heavy atom. The minimum absolute atomic E-state index is 0.0356. The van der Waals surface area contributed by atoms with Crippen molar-refractivity contribution in [2.24, 2.45) is 0 Å². The number of rotatable bonds is 5. The van der Waals surface area contributed by atoms with Crippen LogP contribution in [0.15, 0.2) is 47.9 Å². The monoisotopic (exact) mass is 373 g/mol. The zero-order valence-electron chi connectivity index (χ0n) is 13.0. The van der Waals surface area contributed by atoms with Crippen LogP contribution in [0.2, 0.25) is 0 Å². The van der Waals surface area contributed by atoms with E-state index in [4.69, 9.17) is 0 Å². The average Bonchev–Trinajstić information content (AvgIpc) is 3.07. The summed E-state index contributed by atoms with van der Waals surface area (Å²) in [6.07, 6.45) is 3.26. The van der Waals surface area contributed by atoms with Gasteiger partial charge in [0.05, 0.1) is 10.7 Å². The molecule has 1 aromatic carbocycles. The summed E-state index contributed by atoms with van der Waals surface area (Å²) in [5.74, 6) is -0.774. The summed E-state index contributed by atoms with van der Waals surface area (Å²) in [5.41, 5.74) is 4.26. The Labute approximate surface area is 149 Å². The Morgan fingerprint density at radius 1 is 1.27 bits per heavy atom. The molecule has 0 unspecified atom stereocenters. The first kappa shape index (κ1) is 17.3. The molecule has 0 aliphatic rings. The number of nitrogens with zero attached hydrogens (tertiary/aromatic N) is 5. The highest BCUT2D eigenvalue weighted by molar-refractivity contribution is 7.99. The van der Waals surface area contributed by atoms with Crippen molar-refractivity contribution in [2.45, 2.75) is 5.16 Å². The smallest absolute Gasteiger partial charge is 0.270 e. The lowest BCUT2D eigenvalue weighted by Gasteiger charge is -2.06. The molecule has 3 rings (SSSR count). The number of benzene rings is 1. The van der Waals surface area contributed by atoms with Crippen LogP contribution in [0.3, 0.4) is 0 Å². The normalized spacial score (nSPS) is 10.5. The molecular weight excluding hydrogens is 362 g/mol. The summed E-state index contributed by atoms with van der Waals surface area (Å²) in [6.45, 7) is 0. The van der Waals surface area contributed by atoms with Gasteiger partial charge in [0.15, 0.2) is 0 Å². The van der Waals surface area contributed by atoms with Crippen LogP contribution in [-0.2, 0) is 4.79 Å². The van der Waals surface area contributed by atoms with Crippen molar-refractivity contribution >= 4 is 35.0 Å². The van der Waals surface area contributed by atoms with E-state index in [0.717, 1.165) is 17.8 Å². The van der Waals surface area contributed by atoms with Crippen LogP contribution in [0, 0.1) is 10.1 Å². The van der Waals surface area contributed by atoms with Gasteiger partial charge >= 0.3 is 0 Å². The van der Waals surface area contributed by atoms with Crippen LogP contribution in [0.1, 0.15) is 10.4 Å². The number of non-ortho nitro benzene ring substituents is 1. The molecule has 11 nitrogen and oxygen atoms in total. The number of nitro groups is 1. The number of nitro benzene ring substituents is 1. The standard InChI is InChI=1S/C14H11N7O4S/c22-11(8-26-14-16-13-15-5-2-6-20(13)19-14)17-18-12(23)9-3-1-4-10(7-9)21(24)25/h1-7H,8H2,(H,17,22)(H,18,23). The maximum atomic E-state index is 11.9. The van der Waals surface area contributed by atoms with E-state index in [1.165, 1.54) is 22.7 Å². The van der Waals surface area contributed by atoms with Gasteiger partial charge in [0.1, 0.15) is 0 Å². The molecule has 0 atom stereocenters. The van der Waals surface area contributed by atoms with Gasteiger partial charge in [-0.1, -0.05) is 17.8 Å². The summed E-state index contributed by atoms with van der Waals surface area (Å²) in [5, 5.41) is 15.2. The number of carbonyl (C=O) groups excluding carboxylic acids is 2. The zero-order valence-corrected chi connectivity index (χ0v) is 13.8. The molecule has 0 fully saturated rings. The summed E-state index contributed by atoms with van der Waals surface area (Å²) in [7, 11) is 0. The third-order valence-corrected chi connectivity index (χ3v) is 3.90. The molecule has 2 N–H and O–H groups in total. The van der Waals surface area contributed by atoms with Crippen LogP contribution in [0.4, 0.5) is 5.69 Å². The Hall–Kier alpha value is -3.54. The van der Waals surface area contributed by atoms with Crippen molar-refractivity contribution in [3.05, 3.63) is 58.4 Å². The van der Waals surface area contributed by atoms with Crippen molar-refractivity contribution in [2.75, 3.05) is 5.75 Å². The third kappa shape index (κ3) is 4.10. The van der Waals surface area contributed by atoms with Gasteiger partial charge in [-0.25, -0.2) is 9.50 Å². The maximum Gasteiger partial charge on any atom is 0.270 e. The fourth-order valence-corrected chi connectivity index (χ4v) is 2.52. The molecule has 0 aliphatic carbocycles. The highest BCUT2D eigenvalue weighted by atomic mass is 32.2. The van der Waals surface area contributed by atoms with E-state index in [0.29, 0.717) is 10.9 Å². The van der Waals surface area contributed by atoms with Gasteiger partial charge in [-0.2, -0.15) is 4.98 Å². The number of hydrogen-bond donors (Lipinski definition) is 2. The van der Waals surface area contributed by atoms with Gasteiger partial charge in [0, 0.05) is 30.1 Å². The highest BCUT2D eigenvalue weighted by Crippen LogP contribution is 2.14. The quantitative estimate of drug-likeness (QED) is 0.375. The third-order valence-electron chi connectivity index (χ3n) is 3.06. The Kier molecular flexibility index (Phi) is 5.03. The lowest BCUT2D eigenvalue weighted by Crippen LogP contribution is -2.42. The second-order valence-corrected chi connectivity index (χ2v) is 5.80. The van der Waals surface area contributed by atoms with E-state index in [1.54, 1.807) is 18.5 Å². The number of hydrazine groups is 1. The van der Waals surface area contributed by atoms with E-state index in [1.807, 2.05) is 0 Å². The van der Waals surface area contributed by atoms with Crippen molar-refractivity contribution in [3.63, 3.8) is 0 Å². The first-order valence-electron chi connectivity index (χ1n) is 7.17. The van der Waals surface area contributed by atoms with Crippen LogP contribution >= 0.6 is 11.8 Å². The molecule has 0 bridgehead atoms.